The van der Waals surface area contributed by atoms with Gasteiger partial charge in [-0.15, -0.1) is 0 Å². The number of aromatic nitrogens is 2. The number of anilines is 1. The van der Waals surface area contributed by atoms with Gasteiger partial charge in [0.15, 0.2) is 5.69 Å². The Bertz CT molecular complexity index is 1890. The third kappa shape index (κ3) is 6.80. The summed E-state index contributed by atoms with van der Waals surface area (Å²) in [4.78, 5) is 15.8. The lowest BCUT2D eigenvalue weighted by Crippen LogP contribution is -2.28. The minimum atomic E-state index is -4.77. The second kappa shape index (κ2) is 12.9. The summed E-state index contributed by atoms with van der Waals surface area (Å²) in [6.07, 6.45) is -2.65. The van der Waals surface area contributed by atoms with Crippen molar-refractivity contribution in [2.45, 2.75) is 37.7 Å². The molecule has 1 saturated carbocycles. The molecule has 5 aromatic rings. The Balaban J connectivity index is 1.32. The molecule has 10 heteroatoms. The standard InChI is InChI=1S/C36H30F3N5O2/c1-43(28-17-18-28)34(30-15-5-6-16-32(30)46-23-24-9-3-2-4-10-24)26-12-8-13-27(20-26)41-35(45)31-21-33(36(37,38)39)42-44(31)29-14-7-11-25(19-29)22-40/h2-16,19-21,28,34H,17-18,23H2,1H3,(H,41,45). The number of nitrogens with zero attached hydrogens (tertiary/aromatic N) is 4. The van der Waals surface area contributed by atoms with Crippen LogP contribution in [0.1, 0.15) is 57.3 Å². The molecule has 232 valence electrons. The zero-order valence-electron chi connectivity index (χ0n) is 24.9. The van der Waals surface area contributed by atoms with E-state index in [1.54, 1.807) is 12.1 Å². The van der Waals surface area contributed by atoms with Gasteiger partial charge in [-0.25, -0.2) is 4.68 Å². The van der Waals surface area contributed by atoms with Crippen molar-refractivity contribution < 1.29 is 22.7 Å². The van der Waals surface area contributed by atoms with E-state index < -0.39 is 17.8 Å². The number of hydrogen-bond acceptors (Lipinski definition) is 5. The number of amides is 1. The zero-order valence-corrected chi connectivity index (χ0v) is 24.9. The highest BCUT2D eigenvalue weighted by Gasteiger charge is 2.37. The summed E-state index contributed by atoms with van der Waals surface area (Å²) in [6, 6.07) is 33.8. The van der Waals surface area contributed by atoms with Gasteiger partial charge < -0.3 is 10.1 Å². The third-order valence-corrected chi connectivity index (χ3v) is 7.89. The van der Waals surface area contributed by atoms with Crippen LogP contribution in [0.5, 0.6) is 5.75 Å². The Morgan fingerprint density at radius 1 is 1.00 bits per heavy atom. The van der Waals surface area contributed by atoms with Crippen LogP contribution in [-0.4, -0.2) is 33.7 Å². The number of carbonyl (C=O) groups excluding carboxylic acids is 1. The van der Waals surface area contributed by atoms with Crippen LogP contribution >= 0.6 is 0 Å². The predicted octanol–water partition coefficient (Wildman–Crippen LogP) is 7.78. The molecule has 0 saturated heterocycles. The van der Waals surface area contributed by atoms with Gasteiger partial charge in [0.1, 0.15) is 18.1 Å². The molecule has 0 spiro atoms. The van der Waals surface area contributed by atoms with E-state index in [9.17, 15) is 23.2 Å². The summed E-state index contributed by atoms with van der Waals surface area (Å²) >= 11 is 0. The Labute approximate surface area is 264 Å². The minimum absolute atomic E-state index is 0.159. The van der Waals surface area contributed by atoms with Crippen molar-refractivity contribution in [1.82, 2.24) is 14.7 Å². The number of carbonyl (C=O) groups is 1. The topological polar surface area (TPSA) is 83.2 Å². The van der Waals surface area contributed by atoms with Crippen LogP contribution in [0.3, 0.4) is 0 Å². The normalized spacial score (nSPS) is 13.7. The molecular formula is C36H30F3N5O2. The molecule has 0 aliphatic heterocycles. The first-order valence-electron chi connectivity index (χ1n) is 14.8. The molecule has 4 aromatic carbocycles. The molecule has 0 bridgehead atoms. The number of ether oxygens (including phenoxy) is 1. The lowest BCUT2D eigenvalue weighted by atomic mass is 9.95. The summed E-state index contributed by atoms with van der Waals surface area (Å²) in [5.74, 6) is -0.0392. The molecule has 1 aromatic heterocycles. The first-order chi connectivity index (χ1) is 22.2. The number of benzene rings is 4. The van der Waals surface area contributed by atoms with Crippen LogP contribution < -0.4 is 10.1 Å². The van der Waals surface area contributed by atoms with E-state index in [1.165, 1.54) is 24.3 Å². The van der Waals surface area contributed by atoms with Gasteiger partial charge in [0.25, 0.3) is 5.91 Å². The van der Waals surface area contributed by atoms with E-state index >= 15 is 0 Å². The summed E-state index contributed by atoms with van der Waals surface area (Å²) < 4.78 is 48.3. The number of para-hydroxylation sites is 1. The van der Waals surface area contributed by atoms with Crippen molar-refractivity contribution >= 4 is 11.6 Å². The fourth-order valence-corrected chi connectivity index (χ4v) is 5.47. The predicted molar refractivity (Wildman–Crippen MR) is 168 cm³/mol. The van der Waals surface area contributed by atoms with Gasteiger partial charge in [0.2, 0.25) is 0 Å². The quantitative estimate of drug-likeness (QED) is 0.172. The van der Waals surface area contributed by atoms with Crippen LogP contribution in [0.25, 0.3) is 5.69 Å². The maximum Gasteiger partial charge on any atom is 0.435 e. The van der Waals surface area contributed by atoms with Crippen molar-refractivity contribution in [2.24, 2.45) is 0 Å². The van der Waals surface area contributed by atoms with Gasteiger partial charge in [-0.1, -0.05) is 66.7 Å². The van der Waals surface area contributed by atoms with Gasteiger partial charge in [-0.3, -0.25) is 9.69 Å². The highest BCUT2D eigenvalue weighted by Crippen LogP contribution is 2.41. The Hall–Kier alpha value is -5.40. The molecule has 1 aliphatic carbocycles. The van der Waals surface area contributed by atoms with Crippen molar-refractivity contribution in [3.63, 3.8) is 0 Å². The number of halogens is 3. The average Bonchev–Trinajstić information content (AvgIpc) is 3.81. The molecular weight excluding hydrogens is 591 g/mol. The van der Waals surface area contributed by atoms with E-state index in [0.717, 1.165) is 40.0 Å². The number of rotatable bonds is 10. The molecule has 6 rings (SSSR count). The molecule has 1 fully saturated rings. The second-order valence-corrected chi connectivity index (χ2v) is 11.2. The molecule has 1 amide bonds. The number of nitrogens with one attached hydrogen (secondary N) is 1. The molecule has 1 atom stereocenters. The van der Waals surface area contributed by atoms with Crippen LogP contribution in [0.15, 0.2) is 109 Å². The van der Waals surface area contributed by atoms with Crippen molar-refractivity contribution in [3.05, 3.63) is 143 Å². The fraction of sp³-hybridized carbons (Fsp3) is 0.194. The third-order valence-electron chi connectivity index (χ3n) is 7.89. The highest BCUT2D eigenvalue weighted by molar-refractivity contribution is 6.03. The van der Waals surface area contributed by atoms with Gasteiger partial charge in [-0.05, 0) is 67.4 Å². The summed E-state index contributed by atoms with van der Waals surface area (Å²) in [7, 11) is 2.06. The highest BCUT2D eigenvalue weighted by atomic mass is 19.4. The van der Waals surface area contributed by atoms with Gasteiger partial charge in [0, 0.05) is 23.4 Å². The SMILES string of the molecule is CN(C1CC1)C(c1cccc(NC(=O)c2cc(C(F)(F)F)nn2-c2cccc(C#N)c2)c1)c1ccccc1OCc1ccccc1. The maximum atomic E-state index is 13.7. The molecule has 1 heterocycles. The molecule has 1 unspecified atom stereocenters. The average molecular weight is 622 g/mol. The van der Waals surface area contributed by atoms with Crippen molar-refractivity contribution in [2.75, 3.05) is 12.4 Å². The van der Waals surface area contributed by atoms with E-state index in [2.05, 4.69) is 22.4 Å². The summed E-state index contributed by atoms with van der Waals surface area (Å²) in [5.41, 5.74) is 2.14. The van der Waals surface area contributed by atoms with Gasteiger partial charge >= 0.3 is 6.18 Å². The monoisotopic (exact) mass is 621 g/mol. The molecule has 7 nitrogen and oxygen atoms in total. The largest absolute Gasteiger partial charge is 0.489 e. The lowest BCUT2D eigenvalue weighted by molar-refractivity contribution is -0.141. The molecule has 0 radical (unpaired) electrons. The number of nitriles is 1. The molecule has 1 N–H and O–H groups in total. The van der Waals surface area contributed by atoms with Crippen LogP contribution in [0.4, 0.5) is 18.9 Å². The van der Waals surface area contributed by atoms with Crippen LogP contribution in [0.2, 0.25) is 0 Å². The minimum Gasteiger partial charge on any atom is -0.489 e. The zero-order chi connectivity index (χ0) is 32.3. The second-order valence-electron chi connectivity index (χ2n) is 11.2. The summed E-state index contributed by atoms with van der Waals surface area (Å²) in [6.45, 7) is 0.401. The van der Waals surface area contributed by atoms with E-state index in [-0.39, 0.29) is 23.0 Å². The number of alkyl halides is 3. The fourth-order valence-electron chi connectivity index (χ4n) is 5.47. The Morgan fingerprint density at radius 3 is 2.48 bits per heavy atom. The van der Waals surface area contributed by atoms with Gasteiger partial charge in [0.05, 0.1) is 23.4 Å². The smallest absolute Gasteiger partial charge is 0.435 e. The maximum absolute atomic E-state index is 13.7. The van der Waals surface area contributed by atoms with Gasteiger partial charge in [-0.2, -0.15) is 23.5 Å². The van der Waals surface area contributed by atoms with Crippen LogP contribution in [-0.2, 0) is 12.8 Å². The first-order valence-corrected chi connectivity index (χ1v) is 14.8. The van der Waals surface area contributed by atoms with Crippen LogP contribution in [0, 0.1) is 11.3 Å². The first kappa shape index (κ1) is 30.6. The summed E-state index contributed by atoms with van der Waals surface area (Å²) in [5, 5.41) is 15.7. The van der Waals surface area contributed by atoms with E-state index in [4.69, 9.17) is 4.74 Å². The molecule has 1 aliphatic rings. The van der Waals surface area contributed by atoms with E-state index in [1.807, 2.05) is 72.8 Å². The Morgan fingerprint density at radius 2 is 1.74 bits per heavy atom. The number of hydrogen-bond donors (Lipinski definition) is 1. The lowest BCUT2D eigenvalue weighted by Gasteiger charge is -2.30. The van der Waals surface area contributed by atoms with Crippen molar-refractivity contribution in [3.8, 4) is 17.5 Å². The Kier molecular flexibility index (Phi) is 8.59. The van der Waals surface area contributed by atoms with E-state index in [0.29, 0.717) is 24.4 Å². The van der Waals surface area contributed by atoms with Crippen molar-refractivity contribution in [1.29, 1.82) is 5.26 Å². The molecule has 46 heavy (non-hydrogen) atoms.